The summed E-state index contributed by atoms with van der Waals surface area (Å²) in [6.07, 6.45) is -2.91. The van der Waals surface area contributed by atoms with Crippen molar-refractivity contribution in [3.63, 3.8) is 0 Å². The molecule has 0 aromatic heterocycles. The Morgan fingerprint density at radius 3 is 2.60 bits per heavy atom. The van der Waals surface area contributed by atoms with Crippen LogP contribution in [0.3, 0.4) is 0 Å². The number of hydrogen-bond acceptors (Lipinski definition) is 5. The fourth-order valence-electron chi connectivity index (χ4n) is 2.74. The van der Waals surface area contributed by atoms with Crippen molar-refractivity contribution in [3.05, 3.63) is 56.9 Å². The Balaban J connectivity index is 1.96. The Labute approximate surface area is 189 Å². The van der Waals surface area contributed by atoms with E-state index in [0.29, 0.717) is 28.1 Å². The van der Waals surface area contributed by atoms with Crippen molar-refractivity contribution in [2.24, 2.45) is 0 Å². The zero-order valence-electron chi connectivity index (χ0n) is 15.7. The average Bonchev–Trinajstić information content (AvgIpc) is 2.96. The van der Waals surface area contributed by atoms with Gasteiger partial charge in [0.05, 0.1) is 29.9 Å². The van der Waals surface area contributed by atoms with E-state index in [1.807, 2.05) is 6.92 Å². The Morgan fingerprint density at radius 1 is 1.23 bits per heavy atom. The predicted molar refractivity (Wildman–Crippen MR) is 119 cm³/mol. The standard InChI is InChI=1S/C20H15BrF3NO3S2/c1-3-28-16-10-14(21)11(7-15(16)27-2)8-17-18(26)25(19(29)30-17)13-6-4-5-12(9-13)20(22,23)24/h4-10H,3H2,1-2H3/b17-8+. The number of thioether (sulfide) groups is 1. The lowest BCUT2D eigenvalue weighted by molar-refractivity contribution is -0.137. The minimum absolute atomic E-state index is 0.0686. The lowest BCUT2D eigenvalue weighted by Gasteiger charge is -2.16. The van der Waals surface area contributed by atoms with Crippen LogP contribution >= 0.6 is 39.9 Å². The van der Waals surface area contributed by atoms with Crippen LogP contribution in [0.2, 0.25) is 0 Å². The van der Waals surface area contributed by atoms with Crippen LogP contribution < -0.4 is 14.4 Å². The second-order valence-corrected chi connectivity index (χ2v) is 8.55. The van der Waals surface area contributed by atoms with Gasteiger partial charge >= 0.3 is 6.18 Å². The highest BCUT2D eigenvalue weighted by Crippen LogP contribution is 2.40. The predicted octanol–water partition coefficient (Wildman–Crippen LogP) is 6.28. The first-order valence-electron chi connectivity index (χ1n) is 8.61. The molecule has 158 valence electrons. The number of carbonyl (C=O) groups is 1. The van der Waals surface area contributed by atoms with Gasteiger partial charge in [-0.2, -0.15) is 13.2 Å². The van der Waals surface area contributed by atoms with E-state index in [0.717, 1.165) is 28.8 Å². The van der Waals surface area contributed by atoms with Crippen molar-refractivity contribution < 1.29 is 27.4 Å². The van der Waals surface area contributed by atoms with Gasteiger partial charge in [-0.3, -0.25) is 9.69 Å². The first kappa shape index (κ1) is 22.6. The second-order valence-electron chi connectivity index (χ2n) is 6.02. The minimum atomic E-state index is -4.52. The largest absolute Gasteiger partial charge is 0.493 e. The molecule has 0 N–H and O–H groups in total. The van der Waals surface area contributed by atoms with Gasteiger partial charge in [0.2, 0.25) is 0 Å². The van der Waals surface area contributed by atoms with Gasteiger partial charge in [0.25, 0.3) is 5.91 Å². The summed E-state index contributed by atoms with van der Waals surface area (Å²) < 4.78 is 50.8. The SMILES string of the molecule is CCOc1cc(Br)c(/C=C2/SC(=S)N(c3cccc(C(F)(F)F)c3)C2=O)cc1OC. The molecule has 1 heterocycles. The molecule has 1 aliphatic heterocycles. The summed E-state index contributed by atoms with van der Waals surface area (Å²) in [6.45, 7) is 2.30. The molecule has 1 saturated heterocycles. The number of methoxy groups -OCH3 is 1. The van der Waals surface area contributed by atoms with Crippen LogP contribution in [0, 0.1) is 0 Å². The first-order valence-corrected chi connectivity index (χ1v) is 10.6. The molecule has 30 heavy (non-hydrogen) atoms. The maximum absolute atomic E-state index is 13.0. The molecule has 3 rings (SSSR count). The molecule has 0 bridgehead atoms. The van der Waals surface area contributed by atoms with Crippen LogP contribution in [-0.4, -0.2) is 23.9 Å². The summed E-state index contributed by atoms with van der Waals surface area (Å²) in [5, 5.41) is 0. The van der Waals surface area contributed by atoms with Crippen molar-refractivity contribution >= 4 is 61.9 Å². The molecule has 1 amide bonds. The summed E-state index contributed by atoms with van der Waals surface area (Å²) in [5.74, 6) is 0.532. The molecule has 0 atom stereocenters. The fraction of sp³-hybridized carbons (Fsp3) is 0.200. The van der Waals surface area contributed by atoms with Crippen LogP contribution in [0.25, 0.3) is 6.08 Å². The third-order valence-corrected chi connectivity index (χ3v) is 6.08. The number of benzene rings is 2. The number of amides is 1. The molecule has 1 aliphatic rings. The van der Waals surface area contributed by atoms with E-state index in [4.69, 9.17) is 21.7 Å². The number of nitrogens with zero attached hydrogens (tertiary/aromatic N) is 1. The van der Waals surface area contributed by atoms with Crippen molar-refractivity contribution in [2.75, 3.05) is 18.6 Å². The monoisotopic (exact) mass is 517 g/mol. The van der Waals surface area contributed by atoms with E-state index in [1.165, 1.54) is 19.2 Å². The minimum Gasteiger partial charge on any atom is -0.493 e. The molecule has 2 aromatic carbocycles. The van der Waals surface area contributed by atoms with Crippen molar-refractivity contribution in [3.8, 4) is 11.5 Å². The smallest absolute Gasteiger partial charge is 0.416 e. The second kappa shape index (κ2) is 8.99. The van der Waals surface area contributed by atoms with Crippen LogP contribution in [0.5, 0.6) is 11.5 Å². The number of alkyl halides is 3. The number of halogens is 4. The third-order valence-electron chi connectivity index (χ3n) is 4.09. The molecule has 2 aromatic rings. The zero-order chi connectivity index (χ0) is 22.1. The number of anilines is 1. The summed E-state index contributed by atoms with van der Waals surface area (Å²) in [7, 11) is 1.50. The Hall–Kier alpha value is -2.04. The third kappa shape index (κ3) is 4.65. The molecule has 4 nitrogen and oxygen atoms in total. The van der Waals surface area contributed by atoms with E-state index >= 15 is 0 Å². The molecular weight excluding hydrogens is 503 g/mol. The lowest BCUT2D eigenvalue weighted by atomic mass is 10.1. The van der Waals surface area contributed by atoms with Crippen LogP contribution in [0.4, 0.5) is 18.9 Å². The summed E-state index contributed by atoms with van der Waals surface area (Å²) in [6, 6.07) is 7.94. The molecule has 0 unspecified atom stereocenters. The molecule has 0 radical (unpaired) electrons. The normalized spacial score (nSPS) is 15.8. The molecule has 0 saturated carbocycles. The fourth-order valence-corrected chi connectivity index (χ4v) is 4.47. The zero-order valence-corrected chi connectivity index (χ0v) is 19.0. The molecular formula is C20H15BrF3NO3S2. The quantitative estimate of drug-likeness (QED) is 0.344. The van der Waals surface area contributed by atoms with Crippen LogP contribution in [0.15, 0.2) is 45.8 Å². The Bertz CT molecular complexity index is 1040. The number of thiocarbonyl (C=S) groups is 1. The van der Waals surface area contributed by atoms with Crippen molar-refractivity contribution in [1.82, 2.24) is 0 Å². The van der Waals surface area contributed by atoms with Crippen LogP contribution in [0.1, 0.15) is 18.1 Å². The first-order chi connectivity index (χ1) is 14.2. The maximum Gasteiger partial charge on any atom is 0.416 e. The van der Waals surface area contributed by atoms with E-state index in [2.05, 4.69) is 15.9 Å². The summed E-state index contributed by atoms with van der Waals surface area (Å²) in [5.41, 5.74) is -0.143. The molecule has 1 fully saturated rings. The number of hydrogen-bond donors (Lipinski definition) is 0. The summed E-state index contributed by atoms with van der Waals surface area (Å²) in [4.78, 5) is 14.3. The van der Waals surface area contributed by atoms with Gasteiger partial charge in [-0.05, 0) is 48.9 Å². The average molecular weight is 518 g/mol. The topological polar surface area (TPSA) is 38.8 Å². The van der Waals surface area contributed by atoms with Crippen molar-refractivity contribution in [1.29, 1.82) is 0 Å². The molecule has 0 spiro atoms. The summed E-state index contributed by atoms with van der Waals surface area (Å²) >= 11 is 9.71. The van der Waals surface area contributed by atoms with Gasteiger partial charge < -0.3 is 9.47 Å². The van der Waals surface area contributed by atoms with Crippen LogP contribution in [-0.2, 0) is 11.0 Å². The Kier molecular flexibility index (Phi) is 6.78. The molecule has 10 heteroatoms. The van der Waals surface area contributed by atoms with Gasteiger partial charge in [0.15, 0.2) is 15.8 Å². The van der Waals surface area contributed by atoms with Gasteiger partial charge in [-0.1, -0.05) is 46.0 Å². The van der Waals surface area contributed by atoms with Gasteiger partial charge in [-0.25, -0.2) is 0 Å². The Morgan fingerprint density at radius 2 is 1.97 bits per heavy atom. The lowest BCUT2D eigenvalue weighted by Crippen LogP contribution is -2.27. The van der Waals surface area contributed by atoms with E-state index in [9.17, 15) is 18.0 Å². The number of rotatable bonds is 5. The number of ether oxygens (including phenoxy) is 2. The van der Waals surface area contributed by atoms with Gasteiger partial charge in [0.1, 0.15) is 0 Å². The highest BCUT2D eigenvalue weighted by atomic mass is 79.9. The van der Waals surface area contributed by atoms with E-state index < -0.39 is 17.6 Å². The highest BCUT2D eigenvalue weighted by Gasteiger charge is 2.36. The maximum atomic E-state index is 13.0. The van der Waals surface area contributed by atoms with Gasteiger partial charge in [0, 0.05) is 4.47 Å². The van der Waals surface area contributed by atoms with E-state index in [1.54, 1.807) is 18.2 Å². The van der Waals surface area contributed by atoms with Crippen molar-refractivity contribution in [2.45, 2.75) is 13.1 Å². The highest BCUT2D eigenvalue weighted by molar-refractivity contribution is 9.10. The van der Waals surface area contributed by atoms with Gasteiger partial charge in [-0.15, -0.1) is 0 Å². The number of carbonyl (C=O) groups excluding carboxylic acids is 1. The molecule has 0 aliphatic carbocycles. The van der Waals surface area contributed by atoms with E-state index in [-0.39, 0.29) is 14.9 Å².